The summed E-state index contributed by atoms with van der Waals surface area (Å²) in [5, 5.41) is 12.5. The number of aliphatic hydroxyl groups excluding tert-OH is 1. The minimum absolute atomic E-state index is 0.144. The lowest BCUT2D eigenvalue weighted by molar-refractivity contribution is 0.0883. The van der Waals surface area contributed by atoms with Crippen molar-refractivity contribution in [2.24, 2.45) is 0 Å². The van der Waals surface area contributed by atoms with E-state index in [1.807, 2.05) is 25.1 Å². The molecule has 1 aromatic carbocycles. The molecule has 4 nitrogen and oxygen atoms in total. The van der Waals surface area contributed by atoms with Crippen LogP contribution in [0, 0.1) is 6.92 Å². The Labute approximate surface area is 115 Å². The van der Waals surface area contributed by atoms with Crippen LogP contribution in [0.15, 0.2) is 22.7 Å². The number of urea groups is 1. The second-order valence-electron chi connectivity index (χ2n) is 4.63. The maximum absolute atomic E-state index is 12.1. The first-order valence-corrected chi connectivity index (χ1v) is 6.85. The summed E-state index contributed by atoms with van der Waals surface area (Å²) in [6.45, 7) is 3.07. The van der Waals surface area contributed by atoms with Crippen molar-refractivity contribution in [1.82, 2.24) is 4.90 Å². The van der Waals surface area contributed by atoms with E-state index in [1.165, 1.54) is 0 Å². The number of piperidine rings is 1. The van der Waals surface area contributed by atoms with Gasteiger partial charge in [0.05, 0.1) is 6.10 Å². The zero-order chi connectivity index (χ0) is 13.1. The van der Waals surface area contributed by atoms with Crippen molar-refractivity contribution < 1.29 is 9.90 Å². The summed E-state index contributed by atoms with van der Waals surface area (Å²) in [7, 11) is 0. The number of rotatable bonds is 1. The number of carbonyl (C=O) groups is 1. The van der Waals surface area contributed by atoms with Crippen molar-refractivity contribution in [3.05, 3.63) is 28.2 Å². The first-order valence-electron chi connectivity index (χ1n) is 6.06. The monoisotopic (exact) mass is 312 g/mol. The summed E-state index contributed by atoms with van der Waals surface area (Å²) in [6, 6.07) is 5.63. The molecule has 1 aliphatic heterocycles. The lowest BCUT2D eigenvalue weighted by Gasteiger charge is -2.30. The van der Waals surface area contributed by atoms with Gasteiger partial charge in [0.25, 0.3) is 0 Å². The fourth-order valence-corrected chi connectivity index (χ4v) is 2.42. The van der Waals surface area contributed by atoms with Crippen LogP contribution in [0.2, 0.25) is 0 Å². The molecule has 98 valence electrons. The summed E-state index contributed by atoms with van der Waals surface area (Å²) < 4.78 is 0.932. The van der Waals surface area contributed by atoms with E-state index in [-0.39, 0.29) is 6.03 Å². The van der Waals surface area contributed by atoms with Crippen LogP contribution < -0.4 is 5.32 Å². The van der Waals surface area contributed by atoms with E-state index in [4.69, 9.17) is 0 Å². The van der Waals surface area contributed by atoms with Crippen LogP contribution in [0.5, 0.6) is 0 Å². The Morgan fingerprint density at radius 1 is 1.56 bits per heavy atom. The van der Waals surface area contributed by atoms with Gasteiger partial charge in [-0.05, 0) is 37.5 Å². The number of aliphatic hydroxyl groups is 1. The Kier molecular flexibility index (Phi) is 4.24. The number of halogens is 1. The molecule has 0 aliphatic carbocycles. The number of aryl methyl sites for hydroxylation is 1. The van der Waals surface area contributed by atoms with E-state index >= 15 is 0 Å². The molecule has 0 radical (unpaired) electrons. The molecule has 2 N–H and O–H groups in total. The number of benzene rings is 1. The molecule has 0 spiro atoms. The van der Waals surface area contributed by atoms with Crippen molar-refractivity contribution >= 4 is 27.6 Å². The highest BCUT2D eigenvalue weighted by Crippen LogP contribution is 2.21. The second-order valence-corrected chi connectivity index (χ2v) is 5.55. The number of likely N-dealkylation sites (tertiary alicyclic amines) is 1. The van der Waals surface area contributed by atoms with Crippen LogP contribution in [0.1, 0.15) is 18.4 Å². The third-order valence-corrected chi connectivity index (χ3v) is 3.62. The van der Waals surface area contributed by atoms with E-state index in [9.17, 15) is 9.90 Å². The predicted molar refractivity (Wildman–Crippen MR) is 74.7 cm³/mol. The zero-order valence-electron chi connectivity index (χ0n) is 10.3. The number of hydrogen-bond donors (Lipinski definition) is 2. The minimum atomic E-state index is -0.395. The Bertz CT molecular complexity index is 451. The molecular formula is C13H17BrN2O2. The number of anilines is 1. The van der Waals surface area contributed by atoms with Gasteiger partial charge in [-0.2, -0.15) is 0 Å². The second kappa shape index (κ2) is 5.71. The number of amides is 2. The number of nitrogens with zero attached hydrogens (tertiary/aromatic N) is 1. The fourth-order valence-electron chi connectivity index (χ4n) is 2.06. The number of carbonyl (C=O) groups excluding carboxylic acids is 1. The zero-order valence-corrected chi connectivity index (χ0v) is 11.9. The highest BCUT2D eigenvalue weighted by molar-refractivity contribution is 9.10. The third-order valence-electron chi connectivity index (χ3n) is 3.12. The lowest BCUT2D eigenvalue weighted by Crippen LogP contribution is -2.44. The summed E-state index contributed by atoms with van der Waals surface area (Å²) in [5.41, 5.74) is 1.82. The van der Waals surface area contributed by atoms with Gasteiger partial charge >= 0.3 is 6.03 Å². The first kappa shape index (κ1) is 13.4. The van der Waals surface area contributed by atoms with Crippen molar-refractivity contribution in [3.63, 3.8) is 0 Å². The topological polar surface area (TPSA) is 52.6 Å². The fraction of sp³-hybridized carbons (Fsp3) is 0.462. The number of hydrogen-bond acceptors (Lipinski definition) is 2. The van der Waals surface area contributed by atoms with E-state index < -0.39 is 6.10 Å². The standard InChI is InChI=1S/C13H17BrN2O2/c1-9-4-5-10(14)7-12(9)15-13(18)16-6-2-3-11(17)8-16/h4-5,7,11,17H,2-3,6,8H2,1H3,(H,15,18)/t11-/m0/s1. The molecule has 1 fully saturated rings. The largest absolute Gasteiger partial charge is 0.391 e. The molecule has 1 aromatic rings. The highest BCUT2D eigenvalue weighted by Gasteiger charge is 2.22. The van der Waals surface area contributed by atoms with Crippen molar-refractivity contribution in [3.8, 4) is 0 Å². The Hall–Kier alpha value is -1.07. The van der Waals surface area contributed by atoms with Gasteiger partial charge < -0.3 is 15.3 Å². The van der Waals surface area contributed by atoms with E-state index in [0.29, 0.717) is 13.1 Å². The Morgan fingerprint density at radius 2 is 2.33 bits per heavy atom. The lowest BCUT2D eigenvalue weighted by atomic mass is 10.1. The molecule has 5 heteroatoms. The molecule has 1 aliphatic rings. The van der Waals surface area contributed by atoms with Gasteiger partial charge in [0.15, 0.2) is 0 Å². The van der Waals surface area contributed by atoms with Gasteiger partial charge in [-0.1, -0.05) is 22.0 Å². The van der Waals surface area contributed by atoms with Crippen LogP contribution in [0.25, 0.3) is 0 Å². The first-order chi connectivity index (χ1) is 8.56. The van der Waals surface area contributed by atoms with E-state index in [1.54, 1.807) is 4.90 Å². The number of β-amino-alcohol motifs (C(OH)–C–C–N with tert-alkyl or cyclic N) is 1. The van der Waals surface area contributed by atoms with Gasteiger partial charge in [0.2, 0.25) is 0 Å². The summed E-state index contributed by atoms with van der Waals surface area (Å²) in [4.78, 5) is 13.7. The van der Waals surface area contributed by atoms with Crippen molar-refractivity contribution in [1.29, 1.82) is 0 Å². The maximum Gasteiger partial charge on any atom is 0.321 e. The number of nitrogens with one attached hydrogen (secondary N) is 1. The van der Waals surface area contributed by atoms with Gasteiger partial charge in [0, 0.05) is 23.2 Å². The summed E-state index contributed by atoms with van der Waals surface area (Å²) >= 11 is 3.39. The quantitative estimate of drug-likeness (QED) is 0.837. The highest BCUT2D eigenvalue weighted by atomic mass is 79.9. The van der Waals surface area contributed by atoms with E-state index in [2.05, 4.69) is 21.2 Å². The summed E-state index contributed by atoms with van der Waals surface area (Å²) in [5.74, 6) is 0. The predicted octanol–water partition coefficient (Wildman–Crippen LogP) is 2.75. The molecule has 0 saturated carbocycles. The normalized spacial score (nSPS) is 19.7. The Morgan fingerprint density at radius 3 is 3.06 bits per heavy atom. The molecule has 1 atom stereocenters. The van der Waals surface area contributed by atoms with Crippen molar-refractivity contribution in [2.45, 2.75) is 25.9 Å². The van der Waals surface area contributed by atoms with Gasteiger partial charge in [0.1, 0.15) is 0 Å². The molecule has 0 aromatic heterocycles. The smallest absolute Gasteiger partial charge is 0.321 e. The molecule has 18 heavy (non-hydrogen) atoms. The molecule has 2 rings (SSSR count). The van der Waals surface area contributed by atoms with Crippen LogP contribution >= 0.6 is 15.9 Å². The van der Waals surface area contributed by atoms with Crippen LogP contribution in [0.3, 0.4) is 0 Å². The SMILES string of the molecule is Cc1ccc(Br)cc1NC(=O)N1CCC[C@H](O)C1. The molecule has 1 heterocycles. The molecular weight excluding hydrogens is 296 g/mol. The van der Waals surface area contributed by atoms with Gasteiger partial charge in [-0.25, -0.2) is 4.79 Å². The molecule has 0 unspecified atom stereocenters. The maximum atomic E-state index is 12.1. The van der Waals surface area contributed by atoms with Crippen LogP contribution in [-0.2, 0) is 0 Å². The van der Waals surface area contributed by atoms with Gasteiger partial charge in [-0.15, -0.1) is 0 Å². The molecule has 1 saturated heterocycles. The van der Waals surface area contributed by atoms with E-state index in [0.717, 1.165) is 28.6 Å². The Balaban J connectivity index is 2.04. The van der Waals surface area contributed by atoms with Gasteiger partial charge in [-0.3, -0.25) is 0 Å². The van der Waals surface area contributed by atoms with Crippen molar-refractivity contribution in [2.75, 3.05) is 18.4 Å². The minimum Gasteiger partial charge on any atom is -0.391 e. The van der Waals surface area contributed by atoms with Crippen LogP contribution in [0.4, 0.5) is 10.5 Å². The van der Waals surface area contributed by atoms with Crippen LogP contribution in [-0.4, -0.2) is 35.2 Å². The molecule has 0 bridgehead atoms. The molecule has 2 amide bonds. The average Bonchev–Trinajstić information content (AvgIpc) is 2.34. The average molecular weight is 313 g/mol. The summed E-state index contributed by atoms with van der Waals surface area (Å²) in [6.07, 6.45) is 1.24. The third kappa shape index (κ3) is 3.23.